The molecule has 0 aromatic rings. The smallest absolute Gasteiger partial charge is 0.191 e. The molecule has 0 saturated carbocycles. The van der Waals surface area contributed by atoms with Crippen LogP contribution in [0.15, 0.2) is 17.1 Å². The maximum Gasteiger partial charge on any atom is 0.191 e. The molecule has 0 aromatic heterocycles. The molecule has 1 aliphatic rings. The minimum absolute atomic E-state index is 0. The molecular formula is C11H22IN3O. The van der Waals surface area contributed by atoms with Gasteiger partial charge in [-0.15, -0.1) is 24.0 Å². The average molecular weight is 339 g/mol. The van der Waals surface area contributed by atoms with Crippen molar-refractivity contribution >= 4 is 29.9 Å². The quantitative estimate of drug-likeness (QED) is 0.263. The molecule has 0 amide bonds. The van der Waals surface area contributed by atoms with Crippen molar-refractivity contribution in [2.75, 3.05) is 26.8 Å². The number of rotatable bonds is 5. The van der Waals surface area contributed by atoms with Crippen LogP contribution in [0.2, 0.25) is 0 Å². The van der Waals surface area contributed by atoms with Crippen molar-refractivity contribution in [3.8, 4) is 0 Å². The van der Waals surface area contributed by atoms with Crippen LogP contribution in [0.1, 0.15) is 19.8 Å². The molecule has 0 unspecified atom stereocenters. The Balaban J connectivity index is 0.00000225. The SMILES string of the molecule is CCOCCNC(=NC)NC1CC=CC1.I. The van der Waals surface area contributed by atoms with E-state index in [-0.39, 0.29) is 24.0 Å². The summed E-state index contributed by atoms with van der Waals surface area (Å²) in [7, 11) is 1.79. The molecule has 0 radical (unpaired) electrons. The fourth-order valence-corrected chi connectivity index (χ4v) is 1.51. The summed E-state index contributed by atoms with van der Waals surface area (Å²) in [4.78, 5) is 4.16. The standard InChI is InChI=1S/C11H21N3O.HI/c1-3-15-9-8-13-11(12-2)14-10-6-4-5-7-10;/h4-5,10H,3,6-9H2,1-2H3,(H2,12,13,14);1H. The number of nitrogens with zero attached hydrogens (tertiary/aromatic N) is 1. The number of guanidine groups is 1. The molecule has 5 heteroatoms. The highest BCUT2D eigenvalue weighted by molar-refractivity contribution is 14.0. The van der Waals surface area contributed by atoms with E-state index in [1.807, 2.05) is 6.92 Å². The Morgan fingerprint density at radius 1 is 1.44 bits per heavy atom. The molecule has 1 aliphatic carbocycles. The van der Waals surface area contributed by atoms with Gasteiger partial charge in [-0.3, -0.25) is 4.99 Å². The van der Waals surface area contributed by atoms with Crippen LogP contribution in [-0.4, -0.2) is 38.8 Å². The van der Waals surface area contributed by atoms with Crippen LogP contribution in [0.25, 0.3) is 0 Å². The molecule has 0 aromatic carbocycles. The van der Waals surface area contributed by atoms with Gasteiger partial charge in [-0.1, -0.05) is 12.2 Å². The summed E-state index contributed by atoms with van der Waals surface area (Å²) in [6.07, 6.45) is 6.58. The fraction of sp³-hybridized carbons (Fsp3) is 0.727. The summed E-state index contributed by atoms with van der Waals surface area (Å²) in [6, 6.07) is 0.503. The number of nitrogens with one attached hydrogen (secondary N) is 2. The molecule has 0 saturated heterocycles. The predicted molar refractivity (Wildman–Crippen MR) is 78.6 cm³/mol. The first-order valence-corrected chi connectivity index (χ1v) is 5.56. The molecule has 16 heavy (non-hydrogen) atoms. The Bertz CT molecular complexity index is 223. The van der Waals surface area contributed by atoms with E-state index in [0.29, 0.717) is 6.04 Å². The van der Waals surface area contributed by atoms with Gasteiger partial charge in [0.15, 0.2) is 5.96 Å². The van der Waals surface area contributed by atoms with E-state index in [1.165, 1.54) is 0 Å². The summed E-state index contributed by atoms with van der Waals surface area (Å²) in [5, 5.41) is 6.58. The molecule has 2 N–H and O–H groups in total. The fourth-order valence-electron chi connectivity index (χ4n) is 1.51. The van der Waals surface area contributed by atoms with Gasteiger partial charge in [-0.25, -0.2) is 0 Å². The van der Waals surface area contributed by atoms with Gasteiger partial charge >= 0.3 is 0 Å². The van der Waals surface area contributed by atoms with Crippen molar-refractivity contribution in [1.82, 2.24) is 10.6 Å². The van der Waals surface area contributed by atoms with Gasteiger partial charge in [0, 0.05) is 26.2 Å². The van der Waals surface area contributed by atoms with Gasteiger partial charge in [0.05, 0.1) is 6.61 Å². The number of hydrogen-bond donors (Lipinski definition) is 2. The Morgan fingerprint density at radius 3 is 2.69 bits per heavy atom. The average Bonchev–Trinajstić information content (AvgIpc) is 2.75. The van der Waals surface area contributed by atoms with Crippen molar-refractivity contribution in [3.05, 3.63) is 12.2 Å². The third kappa shape index (κ3) is 6.32. The molecular weight excluding hydrogens is 317 g/mol. The van der Waals surface area contributed by atoms with Crippen molar-refractivity contribution in [2.45, 2.75) is 25.8 Å². The van der Waals surface area contributed by atoms with E-state index < -0.39 is 0 Å². The summed E-state index contributed by atoms with van der Waals surface area (Å²) < 4.78 is 5.24. The molecule has 4 nitrogen and oxygen atoms in total. The lowest BCUT2D eigenvalue weighted by Gasteiger charge is -2.16. The van der Waals surface area contributed by atoms with Crippen molar-refractivity contribution in [2.24, 2.45) is 4.99 Å². The molecule has 0 heterocycles. The zero-order chi connectivity index (χ0) is 10.9. The second kappa shape index (κ2) is 9.89. The summed E-state index contributed by atoms with van der Waals surface area (Å²) in [6.45, 7) is 4.28. The van der Waals surface area contributed by atoms with E-state index in [0.717, 1.165) is 38.6 Å². The first-order chi connectivity index (χ1) is 7.36. The van der Waals surface area contributed by atoms with E-state index >= 15 is 0 Å². The van der Waals surface area contributed by atoms with Gasteiger partial charge < -0.3 is 15.4 Å². The first kappa shape index (κ1) is 15.7. The lowest BCUT2D eigenvalue weighted by molar-refractivity contribution is 0.152. The van der Waals surface area contributed by atoms with Gasteiger partial charge in [0.25, 0.3) is 0 Å². The van der Waals surface area contributed by atoms with E-state index in [9.17, 15) is 0 Å². The zero-order valence-corrected chi connectivity index (χ0v) is 12.4. The number of aliphatic imine (C=N–C) groups is 1. The monoisotopic (exact) mass is 339 g/mol. The second-order valence-electron chi connectivity index (χ2n) is 3.48. The highest BCUT2D eigenvalue weighted by atomic mass is 127. The Labute approximate surface area is 115 Å². The Hall–Kier alpha value is -0.300. The highest BCUT2D eigenvalue weighted by Crippen LogP contribution is 2.08. The van der Waals surface area contributed by atoms with Crippen molar-refractivity contribution in [3.63, 3.8) is 0 Å². The lowest BCUT2D eigenvalue weighted by atomic mass is 10.2. The highest BCUT2D eigenvalue weighted by Gasteiger charge is 2.10. The maximum atomic E-state index is 5.24. The molecule has 0 fully saturated rings. The van der Waals surface area contributed by atoms with Crippen LogP contribution < -0.4 is 10.6 Å². The minimum Gasteiger partial charge on any atom is -0.380 e. The molecule has 0 spiro atoms. The van der Waals surface area contributed by atoms with Gasteiger partial charge in [0.2, 0.25) is 0 Å². The minimum atomic E-state index is 0. The van der Waals surface area contributed by atoms with E-state index in [2.05, 4.69) is 27.8 Å². The molecule has 0 aliphatic heterocycles. The van der Waals surface area contributed by atoms with Crippen molar-refractivity contribution in [1.29, 1.82) is 0 Å². The van der Waals surface area contributed by atoms with Gasteiger partial charge in [-0.2, -0.15) is 0 Å². The lowest BCUT2D eigenvalue weighted by Crippen LogP contribution is -2.43. The summed E-state index contributed by atoms with van der Waals surface area (Å²) in [5.41, 5.74) is 0. The number of hydrogen-bond acceptors (Lipinski definition) is 2. The molecule has 94 valence electrons. The number of ether oxygens (including phenoxy) is 1. The van der Waals surface area contributed by atoms with Gasteiger partial charge in [0.1, 0.15) is 0 Å². The molecule has 0 bridgehead atoms. The molecule has 1 rings (SSSR count). The second-order valence-corrected chi connectivity index (χ2v) is 3.48. The van der Waals surface area contributed by atoms with E-state index in [4.69, 9.17) is 4.74 Å². The third-order valence-corrected chi connectivity index (χ3v) is 2.32. The topological polar surface area (TPSA) is 45.6 Å². The van der Waals surface area contributed by atoms with Crippen LogP contribution in [0.4, 0.5) is 0 Å². The normalized spacial score (nSPS) is 16.0. The Morgan fingerprint density at radius 2 is 2.12 bits per heavy atom. The van der Waals surface area contributed by atoms with Crippen LogP contribution in [-0.2, 0) is 4.74 Å². The van der Waals surface area contributed by atoms with E-state index in [1.54, 1.807) is 7.05 Å². The largest absolute Gasteiger partial charge is 0.380 e. The van der Waals surface area contributed by atoms with Crippen molar-refractivity contribution < 1.29 is 4.74 Å². The van der Waals surface area contributed by atoms with Crippen LogP contribution in [0.3, 0.4) is 0 Å². The predicted octanol–water partition coefficient (Wildman–Crippen LogP) is 1.52. The Kier molecular flexibility index (Phi) is 9.71. The van der Waals surface area contributed by atoms with Crippen LogP contribution >= 0.6 is 24.0 Å². The third-order valence-electron chi connectivity index (χ3n) is 2.32. The van der Waals surface area contributed by atoms with Crippen LogP contribution in [0, 0.1) is 0 Å². The summed E-state index contributed by atoms with van der Waals surface area (Å²) >= 11 is 0. The maximum absolute atomic E-state index is 5.24. The number of halogens is 1. The molecule has 0 atom stereocenters. The zero-order valence-electron chi connectivity index (χ0n) is 10.0. The first-order valence-electron chi connectivity index (χ1n) is 5.56. The summed E-state index contributed by atoms with van der Waals surface area (Å²) in [5.74, 6) is 0.864. The van der Waals surface area contributed by atoms with Crippen LogP contribution in [0.5, 0.6) is 0 Å². The van der Waals surface area contributed by atoms with Gasteiger partial charge in [-0.05, 0) is 19.8 Å².